The number of thiazole rings is 1. The van der Waals surface area contributed by atoms with Crippen LogP contribution in [-0.4, -0.2) is 48.7 Å². The fourth-order valence-corrected chi connectivity index (χ4v) is 3.10. The molecule has 10 heteroatoms. The van der Waals surface area contributed by atoms with Crippen molar-refractivity contribution < 1.29 is 4.79 Å². The lowest BCUT2D eigenvalue weighted by molar-refractivity contribution is -0.120. The molecule has 0 spiro atoms. The van der Waals surface area contributed by atoms with Crippen molar-refractivity contribution >= 4 is 28.2 Å². The van der Waals surface area contributed by atoms with E-state index in [0.717, 1.165) is 11.5 Å². The molecule has 3 aromatic rings. The Bertz CT molecular complexity index is 855. The Morgan fingerprint density at radius 3 is 2.83 bits per heavy atom. The summed E-state index contributed by atoms with van der Waals surface area (Å²) < 4.78 is 1.57. The SMILES string of the molecule is Cc1csc(NC(=O)C2CN(c3cc(-n4cncn4)ncn3)C2)n1. The van der Waals surface area contributed by atoms with E-state index in [0.29, 0.717) is 24.0 Å². The minimum atomic E-state index is -0.0704. The molecule has 122 valence electrons. The van der Waals surface area contributed by atoms with E-state index >= 15 is 0 Å². The molecule has 4 rings (SSSR count). The molecule has 0 aromatic carbocycles. The van der Waals surface area contributed by atoms with Gasteiger partial charge in [0.05, 0.1) is 11.6 Å². The van der Waals surface area contributed by atoms with Crippen LogP contribution in [0.3, 0.4) is 0 Å². The number of carbonyl (C=O) groups excluding carboxylic acids is 1. The molecule has 0 unspecified atom stereocenters. The standard InChI is InChI=1S/C14H14N8OS/c1-9-5-24-14(19-9)20-13(23)10-3-21(4-10)11-2-12(17-7-16-11)22-8-15-6-18-22/h2,5-8,10H,3-4H2,1H3,(H,19,20,23). The largest absolute Gasteiger partial charge is 0.355 e. The first-order chi connectivity index (χ1) is 11.7. The average molecular weight is 342 g/mol. The van der Waals surface area contributed by atoms with Crippen molar-refractivity contribution in [1.82, 2.24) is 29.7 Å². The van der Waals surface area contributed by atoms with Crippen LogP contribution in [0.1, 0.15) is 5.69 Å². The Balaban J connectivity index is 1.39. The Morgan fingerprint density at radius 1 is 1.29 bits per heavy atom. The van der Waals surface area contributed by atoms with E-state index in [2.05, 4.69) is 30.4 Å². The molecule has 0 atom stereocenters. The number of hydrogen-bond donors (Lipinski definition) is 1. The lowest BCUT2D eigenvalue weighted by Gasteiger charge is -2.38. The van der Waals surface area contributed by atoms with Crippen molar-refractivity contribution in [2.24, 2.45) is 5.92 Å². The first-order valence-electron chi connectivity index (χ1n) is 7.34. The van der Waals surface area contributed by atoms with E-state index in [1.807, 2.05) is 23.3 Å². The Morgan fingerprint density at radius 2 is 2.12 bits per heavy atom. The second-order valence-corrected chi connectivity index (χ2v) is 6.32. The van der Waals surface area contributed by atoms with Crippen molar-refractivity contribution in [1.29, 1.82) is 0 Å². The van der Waals surface area contributed by atoms with Crippen LogP contribution in [0.2, 0.25) is 0 Å². The van der Waals surface area contributed by atoms with Gasteiger partial charge in [-0.2, -0.15) is 5.10 Å². The highest BCUT2D eigenvalue weighted by atomic mass is 32.1. The van der Waals surface area contributed by atoms with Crippen LogP contribution in [-0.2, 0) is 4.79 Å². The van der Waals surface area contributed by atoms with Crippen molar-refractivity contribution in [3.63, 3.8) is 0 Å². The van der Waals surface area contributed by atoms with Gasteiger partial charge >= 0.3 is 0 Å². The molecular formula is C14H14N8OS. The Kier molecular flexibility index (Phi) is 3.65. The molecular weight excluding hydrogens is 328 g/mol. The number of aryl methyl sites for hydroxylation is 1. The van der Waals surface area contributed by atoms with Gasteiger partial charge in [-0.3, -0.25) is 4.79 Å². The second-order valence-electron chi connectivity index (χ2n) is 5.46. The first-order valence-corrected chi connectivity index (χ1v) is 8.22. The molecule has 1 N–H and O–H groups in total. The van der Waals surface area contributed by atoms with Crippen LogP contribution < -0.4 is 10.2 Å². The van der Waals surface area contributed by atoms with Gasteiger partial charge < -0.3 is 10.2 Å². The zero-order valence-electron chi connectivity index (χ0n) is 12.8. The van der Waals surface area contributed by atoms with E-state index in [9.17, 15) is 4.79 Å². The molecule has 9 nitrogen and oxygen atoms in total. The predicted octanol–water partition coefficient (Wildman–Crippen LogP) is 0.897. The highest BCUT2D eigenvalue weighted by molar-refractivity contribution is 7.13. The highest BCUT2D eigenvalue weighted by Crippen LogP contribution is 2.25. The number of carbonyl (C=O) groups is 1. The van der Waals surface area contributed by atoms with Gasteiger partial charge in [0.15, 0.2) is 10.9 Å². The third-order valence-electron chi connectivity index (χ3n) is 3.72. The van der Waals surface area contributed by atoms with Crippen LogP contribution in [0.4, 0.5) is 10.9 Å². The van der Waals surface area contributed by atoms with E-state index < -0.39 is 0 Å². The monoisotopic (exact) mass is 342 g/mol. The van der Waals surface area contributed by atoms with Gasteiger partial charge in [0, 0.05) is 24.5 Å². The summed E-state index contributed by atoms with van der Waals surface area (Å²) in [5, 5.41) is 9.46. The fraction of sp³-hybridized carbons (Fsp3) is 0.286. The lowest BCUT2D eigenvalue weighted by Crippen LogP contribution is -2.52. The minimum Gasteiger partial charge on any atom is -0.355 e. The molecule has 1 aliphatic heterocycles. The van der Waals surface area contributed by atoms with E-state index in [1.165, 1.54) is 24.0 Å². The Hall–Kier alpha value is -2.88. The predicted molar refractivity (Wildman–Crippen MR) is 88.1 cm³/mol. The van der Waals surface area contributed by atoms with Crippen LogP contribution in [0.15, 0.2) is 30.4 Å². The number of amides is 1. The molecule has 1 aliphatic rings. The van der Waals surface area contributed by atoms with Gasteiger partial charge in [0.2, 0.25) is 5.91 Å². The summed E-state index contributed by atoms with van der Waals surface area (Å²) in [6, 6.07) is 1.83. The molecule has 0 aliphatic carbocycles. The Labute approximate surface area is 141 Å². The van der Waals surface area contributed by atoms with E-state index in [4.69, 9.17) is 0 Å². The van der Waals surface area contributed by atoms with Gasteiger partial charge in [-0.05, 0) is 6.92 Å². The summed E-state index contributed by atoms with van der Waals surface area (Å²) in [4.78, 5) is 30.8. The molecule has 3 aromatic heterocycles. The number of rotatable bonds is 4. The van der Waals surface area contributed by atoms with Gasteiger partial charge in [0.1, 0.15) is 24.8 Å². The number of aromatic nitrogens is 6. The smallest absolute Gasteiger partial charge is 0.232 e. The van der Waals surface area contributed by atoms with Gasteiger partial charge in [0.25, 0.3) is 0 Å². The summed E-state index contributed by atoms with van der Waals surface area (Å²) in [6.45, 7) is 3.13. The van der Waals surface area contributed by atoms with Gasteiger partial charge in [-0.15, -0.1) is 11.3 Å². The van der Waals surface area contributed by atoms with Crippen molar-refractivity contribution in [2.75, 3.05) is 23.3 Å². The molecule has 0 bridgehead atoms. The molecule has 24 heavy (non-hydrogen) atoms. The summed E-state index contributed by atoms with van der Waals surface area (Å²) in [5.41, 5.74) is 0.909. The maximum Gasteiger partial charge on any atom is 0.232 e. The number of anilines is 2. The highest BCUT2D eigenvalue weighted by Gasteiger charge is 2.34. The molecule has 4 heterocycles. The molecule has 1 saturated heterocycles. The number of hydrogen-bond acceptors (Lipinski definition) is 8. The third kappa shape index (κ3) is 2.83. The molecule has 1 amide bonds. The summed E-state index contributed by atoms with van der Waals surface area (Å²) >= 11 is 1.43. The summed E-state index contributed by atoms with van der Waals surface area (Å²) in [6.07, 6.45) is 4.51. The number of nitrogens with zero attached hydrogens (tertiary/aromatic N) is 7. The topological polar surface area (TPSA) is 102 Å². The van der Waals surface area contributed by atoms with Crippen LogP contribution in [0.25, 0.3) is 5.82 Å². The number of nitrogens with one attached hydrogen (secondary N) is 1. The van der Waals surface area contributed by atoms with Crippen molar-refractivity contribution in [3.05, 3.63) is 36.1 Å². The van der Waals surface area contributed by atoms with E-state index in [1.54, 1.807) is 11.0 Å². The fourth-order valence-electron chi connectivity index (χ4n) is 2.41. The van der Waals surface area contributed by atoms with Crippen molar-refractivity contribution in [3.8, 4) is 5.82 Å². The van der Waals surface area contributed by atoms with Crippen LogP contribution >= 0.6 is 11.3 Å². The molecule has 0 radical (unpaired) electrons. The zero-order valence-corrected chi connectivity index (χ0v) is 13.6. The minimum absolute atomic E-state index is 0.00819. The maximum atomic E-state index is 12.2. The molecule has 1 fully saturated rings. The van der Waals surface area contributed by atoms with Crippen LogP contribution in [0.5, 0.6) is 0 Å². The maximum absolute atomic E-state index is 12.2. The third-order valence-corrected chi connectivity index (χ3v) is 4.59. The normalized spacial score (nSPS) is 14.5. The lowest BCUT2D eigenvalue weighted by atomic mass is 9.99. The summed E-state index contributed by atoms with van der Waals surface area (Å²) in [7, 11) is 0. The molecule has 0 saturated carbocycles. The average Bonchev–Trinajstić information content (AvgIpc) is 3.18. The van der Waals surface area contributed by atoms with Gasteiger partial charge in [-0.25, -0.2) is 24.6 Å². The van der Waals surface area contributed by atoms with Gasteiger partial charge in [-0.1, -0.05) is 0 Å². The second kappa shape index (κ2) is 5.96. The van der Waals surface area contributed by atoms with Crippen molar-refractivity contribution in [2.45, 2.75) is 6.92 Å². The van der Waals surface area contributed by atoms with Crippen LogP contribution in [0, 0.1) is 12.8 Å². The summed E-state index contributed by atoms with van der Waals surface area (Å²) in [5.74, 6) is 1.33. The first kappa shape index (κ1) is 14.7. The van der Waals surface area contributed by atoms with E-state index in [-0.39, 0.29) is 11.8 Å². The quantitative estimate of drug-likeness (QED) is 0.751. The zero-order chi connectivity index (χ0) is 16.5.